The Bertz CT molecular complexity index is 318. The van der Waals surface area contributed by atoms with E-state index in [1.54, 1.807) is 0 Å². The predicted octanol–water partition coefficient (Wildman–Crippen LogP) is 1.38. The molecule has 0 radical (unpaired) electrons. The van der Waals surface area contributed by atoms with Gasteiger partial charge in [-0.15, -0.1) is 12.4 Å². The summed E-state index contributed by atoms with van der Waals surface area (Å²) in [6.45, 7) is 2.98. The van der Waals surface area contributed by atoms with Crippen LogP contribution in [-0.4, -0.2) is 36.2 Å². The maximum atomic E-state index is 12.3. The average Bonchev–Trinajstić information content (AvgIpc) is 2.92. The number of hydrogen-bond acceptors (Lipinski definition) is 3. The molecule has 3 fully saturated rings. The van der Waals surface area contributed by atoms with Gasteiger partial charge in [-0.05, 0) is 52.0 Å². The summed E-state index contributed by atoms with van der Waals surface area (Å²) in [5, 5.41) is 6.55. The highest BCUT2D eigenvalue weighted by Gasteiger charge is 2.43. The zero-order chi connectivity index (χ0) is 11.9. The van der Waals surface area contributed by atoms with Gasteiger partial charge in [-0.1, -0.05) is 0 Å². The van der Waals surface area contributed by atoms with Crippen molar-refractivity contribution in [3.05, 3.63) is 0 Å². The number of fused-ring (bicyclic) bond motifs is 2. The molecular formula is C13H23ClN2O2. The Kier molecular flexibility index (Phi) is 4.19. The van der Waals surface area contributed by atoms with Crippen molar-refractivity contribution in [2.24, 2.45) is 0 Å². The molecule has 4 atom stereocenters. The number of piperidine rings is 1. The second-order valence-electron chi connectivity index (χ2n) is 5.91. The van der Waals surface area contributed by atoms with E-state index in [0.29, 0.717) is 6.10 Å². The Morgan fingerprint density at radius 2 is 2.22 bits per heavy atom. The second-order valence-corrected chi connectivity index (χ2v) is 5.91. The van der Waals surface area contributed by atoms with Crippen LogP contribution < -0.4 is 10.6 Å². The van der Waals surface area contributed by atoms with Crippen molar-refractivity contribution in [3.63, 3.8) is 0 Å². The maximum absolute atomic E-state index is 12.3. The van der Waals surface area contributed by atoms with E-state index in [4.69, 9.17) is 4.74 Å². The lowest BCUT2D eigenvalue weighted by atomic mass is 9.88. The third-order valence-corrected chi connectivity index (χ3v) is 4.54. The minimum atomic E-state index is -0.361. The van der Waals surface area contributed by atoms with Crippen molar-refractivity contribution >= 4 is 18.3 Å². The molecule has 5 heteroatoms. The lowest BCUT2D eigenvalue weighted by molar-refractivity contribution is -0.129. The van der Waals surface area contributed by atoms with Gasteiger partial charge in [0.15, 0.2) is 0 Å². The van der Waals surface area contributed by atoms with Gasteiger partial charge in [-0.25, -0.2) is 0 Å². The van der Waals surface area contributed by atoms with Gasteiger partial charge in [0.25, 0.3) is 0 Å². The number of carbonyl (C=O) groups is 1. The highest BCUT2D eigenvalue weighted by Crippen LogP contribution is 2.34. The SMILES string of the molecule is CC1(C(=O)NC2CC3CCC2O3)CCCCN1.Cl. The molecule has 0 aromatic carbocycles. The lowest BCUT2D eigenvalue weighted by Gasteiger charge is -2.35. The van der Waals surface area contributed by atoms with Crippen molar-refractivity contribution in [3.8, 4) is 0 Å². The monoisotopic (exact) mass is 274 g/mol. The topological polar surface area (TPSA) is 50.4 Å². The Hall–Kier alpha value is -0.320. The first-order valence-electron chi connectivity index (χ1n) is 6.89. The number of rotatable bonds is 2. The van der Waals surface area contributed by atoms with Gasteiger partial charge in [-0.3, -0.25) is 4.79 Å². The first-order valence-corrected chi connectivity index (χ1v) is 6.89. The minimum absolute atomic E-state index is 0. The fourth-order valence-electron chi connectivity index (χ4n) is 3.37. The van der Waals surface area contributed by atoms with Crippen LogP contribution in [0.3, 0.4) is 0 Å². The van der Waals surface area contributed by atoms with Crippen molar-refractivity contribution in [1.29, 1.82) is 0 Å². The number of carbonyl (C=O) groups excluding carboxylic acids is 1. The number of hydrogen-bond donors (Lipinski definition) is 2. The van der Waals surface area contributed by atoms with Crippen LogP contribution in [0.5, 0.6) is 0 Å². The van der Waals surface area contributed by atoms with Crippen LogP contribution in [-0.2, 0) is 9.53 Å². The smallest absolute Gasteiger partial charge is 0.240 e. The van der Waals surface area contributed by atoms with Gasteiger partial charge in [0, 0.05) is 0 Å². The van der Waals surface area contributed by atoms with Gasteiger partial charge in [0.05, 0.1) is 23.8 Å². The number of amides is 1. The zero-order valence-corrected chi connectivity index (χ0v) is 11.7. The molecule has 0 spiro atoms. The van der Waals surface area contributed by atoms with E-state index in [1.807, 2.05) is 6.92 Å². The highest BCUT2D eigenvalue weighted by molar-refractivity contribution is 5.86. The first kappa shape index (κ1) is 14.1. The van der Waals surface area contributed by atoms with Crippen LogP contribution in [0.4, 0.5) is 0 Å². The summed E-state index contributed by atoms with van der Waals surface area (Å²) < 4.78 is 5.77. The van der Waals surface area contributed by atoms with Gasteiger partial charge in [0.2, 0.25) is 5.91 Å². The van der Waals surface area contributed by atoms with Crippen LogP contribution in [0, 0.1) is 0 Å². The first-order chi connectivity index (χ1) is 8.17. The molecule has 3 rings (SSSR count). The van der Waals surface area contributed by atoms with E-state index in [-0.39, 0.29) is 36.0 Å². The van der Waals surface area contributed by atoms with Crippen LogP contribution >= 0.6 is 12.4 Å². The molecule has 1 amide bonds. The number of nitrogens with one attached hydrogen (secondary N) is 2. The lowest BCUT2D eigenvalue weighted by Crippen LogP contribution is -2.59. The third-order valence-electron chi connectivity index (χ3n) is 4.54. The molecule has 104 valence electrons. The molecule has 3 heterocycles. The van der Waals surface area contributed by atoms with Gasteiger partial charge < -0.3 is 15.4 Å². The summed E-state index contributed by atoms with van der Waals surface area (Å²) in [6, 6.07) is 0.252. The normalized spacial score (nSPS) is 42.4. The van der Waals surface area contributed by atoms with E-state index in [0.717, 1.165) is 32.2 Å². The Labute approximate surface area is 115 Å². The van der Waals surface area contributed by atoms with E-state index < -0.39 is 0 Å². The molecule has 0 aromatic heterocycles. The van der Waals surface area contributed by atoms with E-state index in [1.165, 1.54) is 12.8 Å². The average molecular weight is 275 g/mol. The van der Waals surface area contributed by atoms with Crippen molar-refractivity contribution in [1.82, 2.24) is 10.6 Å². The summed E-state index contributed by atoms with van der Waals surface area (Å²) in [6.07, 6.45) is 7.23. The fraction of sp³-hybridized carbons (Fsp3) is 0.923. The van der Waals surface area contributed by atoms with Crippen molar-refractivity contribution < 1.29 is 9.53 Å². The molecular weight excluding hydrogens is 252 g/mol. The molecule has 0 aromatic rings. The third kappa shape index (κ3) is 2.51. The molecule has 4 unspecified atom stereocenters. The van der Waals surface area contributed by atoms with Gasteiger partial charge in [-0.2, -0.15) is 0 Å². The summed E-state index contributed by atoms with van der Waals surface area (Å²) in [7, 11) is 0. The Morgan fingerprint density at radius 1 is 1.39 bits per heavy atom. The molecule has 3 saturated heterocycles. The van der Waals surface area contributed by atoms with E-state index in [2.05, 4.69) is 10.6 Å². The van der Waals surface area contributed by atoms with Gasteiger partial charge in [0.1, 0.15) is 0 Å². The standard InChI is InChI=1S/C13H22N2O2.ClH/c1-13(6-2-3-7-14-13)12(16)15-10-8-9-4-5-11(10)17-9;/h9-11,14H,2-8H2,1H3,(H,15,16);1H. The predicted molar refractivity (Wildman–Crippen MR) is 71.9 cm³/mol. The molecule has 2 bridgehead atoms. The van der Waals surface area contributed by atoms with Crippen LogP contribution in [0.2, 0.25) is 0 Å². The molecule has 0 aliphatic carbocycles. The van der Waals surface area contributed by atoms with E-state index in [9.17, 15) is 4.79 Å². The van der Waals surface area contributed by atoms with Crippen LogP contribution in [0.25, 0.3) is 0 Å². The Morgan fingerprint density at radius 3 is 2.78 bits per heavy atom. The summed E-state index contributed by atoms with van der Waals surface area (Å²) in [5.41, 5.74) is -0.361. The van der Waals surface area contributed by atoms with Crippen molar-refractivity contribution in [2.75, 3.05) is 6.54 Å². The minimum Gasteiger partial charge on any atom is -0.373 e. The van der Waals surface area contributed by atoms with Crippen molar-refractivity contribution in [2.45, 2.75) is 69.2 Å². The second kappa shape index (κ2) is 5.35. The summed E-state index contributed by atoms with van der Waals surface area (Å²) in [4.78, 5) is 12.3. The Balaban J connectivity index is 0.00000120. The highest BCUT2D eigenvalue weighted by atomic mass is 35.5. The number of halogens is 1. The zero-order valence-electron chi connectivity index (χ0n) is 10.9. The number of ether oxygens (including phenoxy) is 1. The van der Waals surface area contributed by atoms with Crippen LogP contribution in [0.1, 0.15) is 45.4 Å². The van der Waals surface area contributed by atoms with Crippen LogP contribution in [0.15, 0.2) is 0 Å². The largest absolute Gasteiger partial charge is 0.373 e. The van der Waals surface area contributed by atoms with Gasteiger partial charge >= 0.3 is 0 Å². The molecule has 2 N–H and O–H groups in total. The summed E-state index contributed by atoms with van der Waals surface area (Å²) >= 11 is 0. The molecule has 4 nitrogen and oxygen atoms in total. The molecule has 18 heavy (non-hydrogen) atoms. The molecule has 3 aliphatic heterocycles. The molecule has 3 aliphatic rings. The van der Waals surface area contributed by atoms with E-state index >= 15 is 0 Å². The molecule has 0 saturated carbocycles. The summed E-state index contributed by atoms with van der Waals surface area (Å²) in [5.74, 6) is 0.165. The fourth-order valence-corrected chi connectivity index (χ4v) is 3.37. The maximum Gasteiger partial charge on any atom is 0.240 e. The quantitative estimate of drug-likeness (QED) is 0.800.